The molecule has 0 bridgehead atoms. The highest BCUT2D eigenvalue weighted by Crippen LogP contribution is 2.09. The van der Waals surface area contributed by atoms with Gasteiger partial charge in [-0.15, -0.1) is 0 Å². The van der Waals surface area contributed by atoms with E-state index in [1.807, 2.05) is 0 Å². The smallest absolute Gasteiger partial charge is 0.0403 e. The Bertz CT molecular complexity index is 229. The SMILES string of the molecule is CCCC(C)/C(C)=N/N=C(\C)C(C)CC. The molecule has 0 amide bonds. The minimum Gasteiger partial charge on any atom is -0.160 e. The summed E-state index contributed by atoms with van der Waals surface area (Å²) in [6.07, 6.45) is 3.55. The van der Waals surface area contributed by atoms with Crippen molar-refractivity contribution in [3.63, 3.8) is 0 Å². The summed E-state index contributed by atoms with van der Waals surface area (Å²) in [5.74, 6) is 1.10. The quantitative estimate of drug-likeness (QED) is 0.461. The predicted octanol–water partition coefficient (Wildman–Crippen LogP) is 4.31. The first kappa shape index (κ1) is 14.3. The average molecular weight is 210 g/mol. The van der Waals surface area contributed by atoms with Crippen molar-refractivity contribution in [2.45, 2.75) is 60.8 Å². The second-order valence-electron chi connectivity index (χ2n) is 4.48. The molecule has 88 valence electrons. The van der Waals surface area contributed by atoms with E-state index in [0.717, 1.165) is 17.8 Å². The maximum atomic E-state index is 4.32. The molecule has 0 rings (SSSR count). The molecule has 0 aliphatic carbocycles. The van der Waals surface area contributed by atoms with Gasteiger partial charge in [-0.05, 0) is 38.5 Å². The average Bonchev–Trinajstić information content (AvgIpc) is 2.24. The first-order chi connectivity index (χ1) is 7.02. The van der Waals surface area contributed by atoms with Crippen LogP contribution in [0.1, 0.15) is 60.8 Å². The summed E-state index contributed by atoms with van der Waals surface area (Å²) in [7, 11) is 0. The fourth-order valence-electron chi connectivity index (χ4n) is 1.29. The second-order valence-corrected chi connectivity index (χ2v) is 4.48. The largest absolute Gasteiger partial charge is 0.160 e. The molecule has 0 spiro atoms. The summed E-state index contributed by atoms with van der Waals surface area (Å²) < 4.78 is 0. The Hall–Kier alpha value is -0.660. The molecule has 0 aliphatic rings. The standard InChI is InChI=1S/C13H26N2/c1-7-9-11(4)13(6)15-14-12(5)10(3)8-2/h10-11H,7-9H2,1-6H3/b14-12+,15-13+. The Kier molecular flexibility index (Phi) is 7.27. The van der Waals surface area contributed by atoms with Crippen molar-refractivity contribution in [3.05, 3.63) is 0 Å². The van der Waals surface area contributed by atoms with E-state index in [1.165, 1.54) is 12.8 Å². The fourth-order valence-corrected chi connectivity index (χ4v) is 1.29. The Labute approximate surface area is 94.9 Å². The van der Waals surface area contributed by atoms with Crippen molar-refractivity contribution in [2.24, 2.45) is 22.0 Å². The van der Waals surface area contributed by atoms with Crippen LogP contribution in [-0.4, -0.2) is 11.4 Å². The van der Waals surface area contributed by atoms with Crippen molar-refractivity contribution in [1.82, 2.24) is 0 Å². The molecular weight excluding hydrogens is 184 g/mol. The number of nitrogens with zero attached hydrogens (tertiary/aromatic N) is 2. The molecule has 0 saturated heterocycles. The molecule has 2 unspecified atom stereocenters. The molecule has 0 radical (unpaired) electrons. The predicted molar refractivity (Wildman–Crippen MR) is 69.7 cm³/mol. The van der Waals surface area contributed by atoms with Crippen LogP contribution < -0.4 is 0 Å². The van der Waals surface area contributed by atoms with Crippen LogP contribution in [0.15, 0.2) is 10.2 Å². The van der Waals surface area contributed by atoms with Gasteiger partial charge in [0.15, 0.2) is 0 Å². The van der Waals surface area contributed by atoms with E-state index in [1.54, 1.807) is 0 Å². The molecular formula is C13H26N2. The van der Waals surface area contributed by atoms with Crippen LogP contribution in [0, 0.1) is 11.8 Å². The summed E-state index contributed by atoms with van der Waals surface area (Å²) >= 11 is 0. The molecule has 0 fully saturated rings. The monoisotopic (exact) mass is 210 g/mol. The first-order valence-electron chi connectivity index (χ1n) is 6.11. The van der Waals surface area contributed by atoms with Gasteiger partial charge in [0, 0.05) is 11.4 Å². The van der Waals surface area contributed by atoms with Crippen LogP contribution in [0.5, 0.6) is 0 Å². The Balaban J connectivity index is 4.36. The fraction of sp³-hybridized carbons (Fsp3) is 0.846. The highest BCUT2D eigenvalue weighted by molar-refractivity contribution is 5.87. The molecule has 0 N–H and O–H groups in total. The lowest BCUT2D eigenvalue weighted by Gasteiger charge is -2.09. The Morgan fingerprint density at radius 2 is 1.40 bits per heavy atom. The van der Waals surface area contributed by atoms with Crippen LogP contribution in [-0.2, 0) is 0 Å². The molecule has 0 saturated carbocycles. The van der Waals surface area contributed by atoms with Crippen LogP contribution in [0.3, 0.4) is 0 Å². The second kappa shape index (κ2) is 7.61. The lowest BCUT2D eigenvalue weighted by molar-refractivity contribution is 0.661. The molecule has 2 atom stereocenters. The van der Waals surface area contributed by atoms with Crippen molar-refractivity contribution in [1.29, 1.82) is 0 Å². The maximum Gasteiger partial charge on any atom is 0.0403 e. The molecule has 0 heterocycles. The molecule has 0 aromatic heterocycles. The van der Waals surface area contributed by atoms with E-state index >= 15 is 0 Å². The van der Waals surface area contributed by atoms with Gasteiger partial charge in [0.05, 0.1) is 0 Å². The normalized spacial score (nSPS) is 17.7. The minimum atomic E-state index is 0.544. The number of rotatable bonds is 6. The lowest BCUT2D eigenvalue weighted by Crippen LogP contribution is -2.08. The van der Waals surface area contributed by atoms with Crippen molar-refractivity contribution >= 4 is 11.4 Å². The van der Waals surface area contributed by atoms with E-state index in [0.29, 0.717) is 11.8 Å². The third kappa shape index (κ3) is 5.71. The van der Waals surface area contributed by atoms with Crippen LogP contribution in [0.25, 0.3) is 0 Å². The van der Waals surface area contributed by atoms with Gasteiger partial charge < -0.3 is 0 Å². The van der Waals surface area contributed by atoms with E-state index in [2.05, 4.69) is 51.7 Å². The zero-order valence-electron chi connectivity index (χ0n) is 11.2. The summed E-state index contributed by atoms with van der Waals surface area (Å²) in [5.41, 5.74) is 2.29. The van der Waals surface area contributed by atoms with Crippen LogP contribution in [0.2, 0.25) is 0 Å². The number of hydrogen-bond acceptors (Lipinski definition) is 2. The van der Waals surface area contributed by atoms with Gasteiger partial charge in [-0.25, -0.2) is 0 Å². The molecule has 0 aliphatic heterocycles. The van der Waals surface area contributed by atoms with E-state index in [-0.39, 0.29) is 0 Å². The third-order valence-electron chi connectivity index (χ3n) is 3.13. The van der Waals surface area contributed by atoms with Crippen LogP contribution >= 0.6 is 0 Å². The molecule has 2 nitrogen and oxygen atoms in total. The first-order valence-corrected chi connectivity index (χ1v) is 6.11. The topological polar surface area (TPSA) is 24.7 Å². The molecule has 0 aromatic carbocycles. The molecule has 0 aromatic rings. The summed E-state index contributed by atoms with van der Waals surface area (Å²) in [5, 5.41) is 8.62. The van der Waals surface area contributed by atoms with Crippen molar-refractivity contribution in [3.8, 4) is 0 Å². The van der Waals surface area contributed by atoms with Crippen LogP contribution in [0.4, 0.5) is 0 Å². The van der Waals surface area contributed by atoms with Gasteiger partial charge in [-0.3, -0.25) is 0 Å². The van der Waals surface area contributed by atoms with Gasteiger partial charge in [-0.1, -0.05) is 34.1 Å². The van der Waals surface area contributed by atoms with E-state index < -0.39 is 0 Å². The van der Waals surface area contributed by atoms with Gasteiger partial charge in [-0.2, -0.15) is 10.2 Å². The highest BCUT2D eigenvalue weighted by atomic mass is 15.2. The van der Waals surface area contributed by atoms with Gasteiger partial charge in [0.1, 0.15) is 0 Å². The van der Waals surface area contributed by atoms with E-state index in [4.69, 9.17) is 0 Å². The Morgan fingerprint density at radius 3 is 1.80 bits per heavy atom. The molecule has 15 heavy (non-hydrogen) atoms. The molecule has 2 heteroatoms. The highest BCUT2D eigenvalue weighted by Gasteiger charge is 2.05. The summed E-state index contributed by atoms with van der Waals surface area (Å²) in [4.78, 5) is 0. The summed E-state index contributed by atoms with van der Waals surface area (Å²) in [6, 6.07) is 0. The summed E-state index contributed by atoms with van der Waals surface area (Å²) in [6.45, 7) is 12.9. The van der Waals surface area contributed by atoms with Crippen molar-refractivity contribution in [2.75, 3.05) is 0 Å². The number of hydrogen-bond donors (Lipinski definition) is 0. The maximum absolute atomic E-state index is 4.32. The lowest BCUT2D eigenvalue weighted by atomic mass is 10.0. The van der Waals surface area contributed by atoms with Crippen molar-refractivity contribution < 1.29 is 0 Å². The van der Waals surface area contributed by atoms with Gasteiger partial charge in [0.2, 0.25) is 0 Å². The van der Waals surface area contributed by atoms with Gasteiger partial charge in [0.25, 0.3) is 0 Å². The zero-order chi connectivity index (χ0) is 11.8. The van der Waals surface area contributed by atoms with E-state index in [9.17, 15) is 0 Å². The third-order valence-corrected chi connectivity index (χ3v) is 3.13. The Morgan fingerprint density at radius 1 is 0.933 bits per heavy atom. The van der Waals surface area contributed by atoms with Gasteiger partial charge >= 0.3 is 0 Å². The zero-order valence-corrected chi connectivity index (χ0v) is 11.2. The minimum absolute atomic E-state index is 0.544.